The van der Waals surface area contributed by atoms with Gasteiger partial charge < -0.3 is 11.1 Å². The summed E-state index contributed by atoms with van der Waals surface area (Å²) >= 11 is 0. The van der Waals surface area contributed by atoms with Crippen molar-refractivity contribution < 1.29 is 17.6 Å². The molecule has 3 rings (SSSR count). The molecule has 1 atom stereocenters. The Labute approximate surface area is 158 Å². The number of aryl methyl sites for hydroxylation is 1. The van der Waals surface area contributed by atoms with E-state index in [4.69, 9.17) is 5.73 Å². The van der Waals surface area contributed by atoms with E-state index in [-0.39, 0.29) is 33.7 Å². The minimum atomic E-state index is -3.98. The lowest BCUT2D eigenvalue weighted by molar-refractivity contribution is 0.0934. The van der Waals surface area contributed by atoms with Gasteiger partial charge in [0.15, 0.2) is 0 Å². The molecule has 0 radical (unpaired) electrons. The van der Waals surface area contributed by atoms with Gasteiger partial charge in [0.1, 0.15) is 5.82 Å². The second-order valence-electron chi connectivity index (χ2n) is 6.71. The lowest BCUT2D eigenvalue weighted by Gasteiger charge is -2.18. The average molecular weight is 391 g/mol. The maximum Gasteiger partial charge on any atom is 0.262 e. The van der Waals surface area contributed by atoms with Crippen molar-refractivity contribution in [2.75, 3.05) is 11.3 Å². The van der Waals surface area contributed by atoms with Crippen molar-refractivity contribution in [3.8, 4) is 0 Å². The number of amides is 1. The number of anilines is 1. The van der Waals surface area contributed by atoms with Crippen molar-refractivity contribution in [3.63, 3.8) is 0 Å². The number of sulfonamides is 1. The third-order valence-corrected chi connectivity index (χ3v) is 6.13. The highest BCUT2D eigenvalue weighted by atomic mass is 32.2. The summed E-state index contributed by atoms with van der Waals surface area (Å²) in [7, 11) is -3.98. The SMILES string of the molecule is Cc1cc(F)ccc1S(=O)(=O)Nc1ccccc1C(=O)NC(CN)C1CC1. The zero-order chi connectivity index (χ0) is 19.6. The molecule has 0 saturated heterocycles. The lowest BCUT2D eigenvalue weighted by atomic mass is 10.1. The van der Waals surface area contributed by atoms with Crippen LogP contribution in [0.2, 0.25) is 0 Å². The lowest BCUT2D eigenvalue weighted by Crippen LogP contribution is -2.42. The van der Waals surface area contributed by atoms with Crippen LogP contribution in [0.15, 0.2) is 47.4 Å². The van der Waals surface area contributed by atoms with Crippen LogP contribution in [0, 0.1) is 18.7 Å². The summed E-state index contributed by atoms with van der Waals surface area (Å²) in [6.45, 7) is 1.84. The molecule has 1 aliphatic rings. The number of benzene rings is 2. The first-order valence-electron chi connectivity index (χ1n) is 8.71. The average Bonchev–Trinajstić information content (AvgIpc) is 3.44. The van der Waals surface area contributed by atoms with Gasteiger partial charge in [-0.2, -0.15) is 0 Å². The molecule has 0 bridgehead atoms. The second kappa shape index (κ2) is 7.66. The van der Waals surface area contributed by atoms with Gasteiger partial charge in [-0.15, -0.1) is 0 Å². The minimum absolute atomic E-state index is 0.0445. The molecule has 0 aromatic heterocycles. The molecule has 8 heteroatoms. The number of nitrogens with two attached hydrogens (primary N) is 1. The fourth-order valence-electron chi connectivity index (χ4n) is 3.00. The first kappa shape index (κ1) is 19.3. The maximum absolute atomic E-state index is 13.3. The summed E-state index contributed by atoms with van der Waals surface area (Å²) in [6.07, 6.45) is 2.06. The number of para-hydroxylation sites is 1. The van der Waals surface area contributed by atoms with Crippen molar-refractivity contribution in [2.45, 2.75) is 30.7 Å². The summed E-state index contributed by atoms with van der Waals surface area (Å²) in [5.41, 5.74) is 6.37. The Morgan fingerprint density at radius 3 is 2.59 bits per heavy atom. The Kier molecular flexibility index (Phi) is 5.48. The fraction of sp³-hybridized carbons (Fsp3) is 0.316. The van der Waals surface area contributed by atoms with Gasteiger partial charge >= 0.3 is 0 Å². The van der Waals surface area contributed by atoms with Crippen molar-refractivity contribution in [1.82, 2.24) is 5.32 Å². The highest BCUT2D eigenvalue weighted by Gasteiger charge is 2.32. The van der Waals surface area contributed by atoms with Crippen molar-refractivity contribution in [2.24, 2.45) is 11.7 Å². The third-order valence-electron chi connectivity index (χ3n) is 4.60. The summed E-state index contributed by atoms with van der Waals surface area (Å²) < 4.78 is 41.2. The topological polar surface area (TPSA) is 101 Å². The highest BCUT2D eigenvalue weighted by Crippen LogP contribution is 2.32. The van der Waals surface area contributed by atoms with E-state index < -0.39 is 15.8 Å². The smallest absolute Gasteiger partial charge is 0.262 e. The summed E-state index contributed by atoms with van der Waals surface area (Å²) in [6, 6.07) is 9.66. The Balaban J connectivity index is 1.86. The number of rotatable bonds is 7. The van der Waals surface area contributed by atoms with E-state index in [9.17, 15) is 17.6 Å². The Hall–Kier alpha value is -2.45. The van der Waals surface area contributed by atoms with Gasteiger partial charge in [-0.3, -0.25) is 9.52 Å². The number of carbonyl (C=O) groups is 1. The van der Waals surface area contributed by atoms with Gasteiger partial charge in [0.2, 0.25) is 0 Å². The van der Waals surface area contributed by atoms with Crippen LogP contribution in [-0.4, -0.2) is 26.9 Å². The normalized spacial score (nSPS) is 15.2. The molecule has 1 amide bonds. The van der Waals surface area contributed by atoms with E-state index in [1.807, 2.05) is 0 Å². The van der Waals surface area contributed by atoms with Crippen LogP contribution in [0.25, 0.3) is 0 Å². The van der Waals surface area contributed by atoms with Crippen molar-refractivity contribution >= 4 is 21.6 Å². The van der Waals surface area contributed by atoms with Crippen LogP contribution in [0.4, 0.5) is 10.1 Å². The largest absolute Gasteiger partial charge is 0.348 e. The summed E-state index contributed by atoms with van der Waals surface area (Å²) in [5.74, 6) is -0.518. The number of halogens is 1. The molecule has 4 N–H and O–H groups in total. The molecular weight excluding hydrogens is 369 g/mol. The van der Waals surface area contributed by atoms with Crippen LogP contribution in [-0.2, 0) is 10.0 Å². The van der Waals surface area contributed by atoms with Crippen LogP contribution >= 0.6 is 0 Å². The van der Waals surface area contributed by atoms with E-state index in [0.717, 1.165) is 25.0 Å². The van der Waals surface area contributed by atoms with E-state index >= 15 is 0 Å². The monoisotopic (exact) mass is 391 g/mol. The van der Waals surface area contributed by atoms with E-state index in [1.165, 1.54) is 19.1 Å². The number of hydrogen-bond donors (Lipinski definition) is 3. The minimum Gasteiger partial charge on any atom is -0.348 e. The van der Waals surface area contributed by atoms with Crippen molar-refractivity contribution in [1.29, 1.82) is 0 Å². The second-order valence-corrected chi connectivity index (χ2v) is 8.36. The van der Waals surface area contributed by atoms with Crippen LogP contribution in [0.3, 0.4) is 0 Å². The van der Waals surface area contributed by atoms with Gasteiger partial charge in [0.05, 0.1) is 16.1 Å². The molecule has 1 aliphatic carbocycles. The van der Waals surface area contributed by atoms with E-state index in [0.29, 0.717) is 12.5 Å². The molecule has 0 aliphatic heterocycles. The molecule has 1 saturated carbocycles. The summed E-state index contributed by atoms with van der Waals surface area (Å²) in [4.78, 5) is 12.6. The zero-order valence-corrected chi connectivity index (χ0v) is 15.7. The number of nitrogens with one attached hydrogen (secondary N) is 2. The maximum atomic E-state index is 13.3. The highest BCUT2D eigenvalue weighted by molar-refractivity contribution is 7.92. The quantitative estimate of drug-likeness (QED) is 0.675. The first-order valence-corrected chi connectivity index (χ1v) is 10.2. The number of hydrogen-bond acceptors (Lipinski definition) is 4. The molecule has 2 aromatic rings. The first-order chi connectivity index (χ1) is 12.8. The molecule has 0 spiro atoms. The zero-order valence-electron chi connectivity index (χ0n) is 14.9. The van der Waals surface area contributed by atoms with Crippen LogP contribution < -0.4 is 15.8 Å². The van der Waals surface area contributed by atoms with Gasteiger partial charge in [-0.05, 0) is 61.6 Å². The molecule has 27 heavy (non-hydrogen) atoms. The van der Waals surface area contributed by atoms with Gasteiger partial charge in [-0.25, -0.2) is 12.8 Å². The van der Waals surface area contributed by atoms with Crippen molar-refractivity contribution in [3.05, 3.63) is 59.4 Å². The Bertz CT molecular complexity index is 958. The van der Waals surface area contributed by atoms with Crippen LogP contribution in [0.5, 0.6) is 0 Å². The summed E-state index contributed by atoms with van der Waals surface area (Å²) in [5, 5.41) is 2.88. The third kappa shape index (κ3) is 4.45. The predicted octanol–water partition coefficient (Wildman–Crippen LogP) is 2.40. The van der Waals surface area contributed by atoms with Crippen LogP contribution in [0.1, 0.15) is 28.8 Å². The fourth-order valence-corrected chi connectivity index (χ4v) is 4.31. The molecule has 1 fully saturated rings. The van der Waals surface area contributed by atoms with E-state index in [2.05, 4.69) is 10.0 Å². The molecule has 1 unspecified atom stereocenters. The Morgan fingerprint density at radius 1 is 1.26 bits per heavy atom. The molecule has 6 nitrogen and oxygen atoms in total. The number of carbonyl (C=O) groups excluding carboxylic acids is 1. The standard InChI is InChI=1S/C19H22FN3O3S/c1-12-10-14(20)8-9-18(12)27(25,26)23-16-5-3-2-4-15(16)19(24)22-17(11-21)13-6-7-13/h2-5,8-10,13,17,23H,6-7,11,21H2,1H3,(H,22,24). The Morgan fingerprint density at radius 2 is 1.96 bits per heavy atom. The van der Waals surface area contributed by atoms with Gasteiger partial charge in [0.25, 0.3) is 15.9 Å². The van der Waals surface area contributed by atoms with Gasteiger partial charge in [0, 0.05) is 12.6 Å². The predicted molar refractivity (Wildman–Crippen MR) is 101 cm³/mol. The molecule has 2 aromatic carbocycles. The molecule has 0 heterocycles. The van der Waals surface area contributed by atoms with E-state index in [1.54, 1.807) is 18.2 Å². The van der Waals surface area contributed by atoms with Gasteiger partial charge in [-0.1, -0.05) is 12.1 Å². The molecule has 144 valence electrons. The molecular formula is C19H22FN3O3S.